The molecule has 0 saturated heterocycles. The Morgan fingerprint density at radius 2 is 1.96 bits per heavy atom. The first-order chi connectivity index (χ1) is 11.3. The van der Waals surface area contributed by atoms with E-state index in [0.29, 0.717) is 11.4 Å². The molecule has 24 heavy (non-hydrogen) atoms. The molecular weight excluding hydrogens is 345 g/mol. The molecule has 0 saturated carbocycles. The molecule has 1 heterocycles. The summed E-state index contributed by atoms with van der Waals surface area (Å²) >= 11 is 1.49. The highest BCUT2D eigenvalue weighted by Crippen LogP contribution is 2.23. The monoisotopic (exact) mass is 358 g/mol. The Labute approximate surface area is 139 Å². The first kappa shape index (κ1) is 17.8. The number of thiophene rings is 1. The number of rotatable bonds is 6. The van der Waals surface area contributed by atoms with Gasteiger partial charge in [0.25, 0.3) is 5.91 Å². The summed E-state index contributed by atoms with van der Waals surface area (Å²) in [5, 5.41) is 8.19. The third kappa shape index (κ3) is 5.92. The lowest BCUT2D eigenvalue weighted by Crippen LogP contribution is -2.18. The van der Waals surface area contributed by atoms with Gasteiger partial charge >= 0.3 is 6.36 Å². The van der Waals surface area contributed by atoms with Crippen LogP contribution in [0, 0.1) is 0 Å². The van der Waals surface area contributed by atoms with E-state index in [9.17, 15) is 18.0 Å². The number of oxime groups is 1. The van der Waals surface area contributed by atoms with Crippen LogP contribution in [0.4, 0.5) is 18.9 Å². The number of hydrogen-bond acceptors (Lipinski definition) is 5. The second kappa shape index (κ2) is 7.82. The van der Waals surface area contributed by atoms with Crippen molar-refractivity contribution >= 4 is 28.6 Å². The zero-order valence-electron chi connectivity index (χ0n) is 12.5. The minimum atomic E-state index is -4.75. The van der Waals surface area contributed by atoms with Crippen LogP contribution >= 0.6 is 11.3 Å². The van der Waals surface area contributed by atoms with E-state index < -0.39 is 12.3 Å². The number of anilines is 1. The van der Waals surface area contributed by atoms with Crippen molar-refractivity contribution in [3.05, 3.63) is 46.7 Å². The normalized spacial score (nSPS) is 11.9. The summed E-state index contributed by atoms with van der Waals surface area (Å²) in [5.41, 5.74) is 0.962. The summed E-state index contributed by atoms with van der Waals surface area (Å²) in [6.07, 6.45) is -4.75. The third-order valence-corrected chi connectivity index (χ3v) is 3.63. The minimum absolute atomic E-state index is 0.316. The average molecular weight is 358 g/mol. The van der Waals surface area contributed by atoms with Gasteiger partial charge in [-0.05, 0) is 42.6 Å². The average Bonchev–Trinajstić information content (AvgIpc) is 3.02. The Hall–Kier alpha value is -2.55. The summed E-state index contributed by atoms with van der Waals surface area (Å²) in [5.74, 6) is -0.852. The van der Waals surface area contributed by atoms with Gasteiger partial charge in [0.05, 0.1) is 10.6 Å². The summed E-state index contributed by atoms with van der Waals surface area (Å²) < 4.78 is 39.8. The fraction of sp³-hybridized carbons (Fsp3) is 0.200. The molecule has 128 valence electrons. The van der Waals surface area contributed by atoms with Crippen LogP contribution in [0.5, 0.6) is 5.75 Å². The lowest BCUT2D eigenvalue weighted by molar-refractivity contribution is -0.274. The molecule has 0 unspecified atom stereocenters. The second-order valence-corrected chi connectivity index (χ2v) is 5.50. The zero-order valence-corrected chi connectivity index (χ0v) is 13.3. The smallest absolute Gasteiger partial charge is 0.406 e. The maximum Gasteiger partial charge on any atom is 0.573 e. The predicted octanol–water partition coefficient (Wildman–Crippen LogP) is 4.03. The molecule has 2 aromatic rings. The molecule has 1 N–H and O–H groups in total. The van der Waals surface area contributed by atoms with Crippen LogP contribution in [0.3, 0.4) is 0 Å². The van der Waals surface area contributed by atoms with Crippen LogP contribution in [0.25, 0.3) is 0 Å². The molecule has 2 rings (SSSR count). The molecule has 0 aliphatic carbocycles. The summed E-state index contributed by atoms with van der Waals surface area (Å²) in [6, 6.07) is 8.53. The van der Waals surface area contributed by atoms with Crippen LogP contribution < -0.4 is 10.1 Å². The summed E-state index contributed by atoms with van der Waals surface area (Å²) in [6.45, 7) is 1.44. The number of ether oxygens (including phenoxy) is 1. The number of halogens is 3. The fourth-order valence-electron chi connectivity index (χ4n) is 1.65. The first-order valence-corrected chi connectivity index (χ1v) is 7.57. The van der Waals surface area contributed by atoms with Gasteiger partial charge in [-0.15, -0.1) is 24.5 Å². The van der Waals surface area contributed by atoms with Crippen LogP contribution in [0.2, 0.25) is 0 Å². The molecule has 1 aromatic carbocycles. The van der Waals surface area contributed by atoms with Gasteiger partial charge in [0.15, 0.2) is 6.61 Å². The number of alkyl halides is 3. The largest absolute Gasteiger partial charge is 0.573 e. The van der Waals surface area contributed by atoms with E-state index in [1.54, 1.807) is 6.92 Å². The predicted molar refractivity (Wildman–Crippen MR) is 84.2 cm³/mol. The first-order valence-electron chi connectivity index (χ1n) is 6.69. The maximum atomic E-state index is 12.0. The van der Waals surface area contributed by atoms with Gasteiger partial charge in [0, 0.05) is 5.69 Å². The highest BCUT2D eigenvalue weighted by Gasteiger charge is 2.30. The minimum Gasteiger partial charge on any atom is -0.406 e. The molecule has 0 fully saturated rings. The lowest BCUT2D eigenvalue weighted by atomic mass is 10.3. The number of nitrogens with one attached hydrogen (secondary N) is 1. The molecule has 0 spiro atoms. The highest BCUT2D eigenvalue weighted by atomic mass is 32.1. The van der Waals surface area contributed by atoms with Crippen molar-refractivity contribution in [3.8, 4) is 5.75 Å². The van der Waals surface area contributed by atoms with Gasteiger partial charge in [-0.3, -0.25) is 4.79 Å². The van der Waals surface area contributed by atoms with E-state index in [4.69, 9.17) is 4.84 Å². The fourth-order valence-corrected chi connectivity index (χ4v) is 2.32. The van der Waals surface area contributed by atoms with E-state index in [1.807, 2.05) is 17.5 Å². The number of carbonyl (C=O) groups excluding carboxylic acids is 1. The van der Waals surface area contributed by atoms with Gasteiger partial charge in [-0.2, -0.15) is 0 Å². The molecule has 0 aliphatic rings. The Balaban J connectivity index is 1.81. The molecule has 5 nitrogen and oxygen atoms in total. The third-order valence-electron chi connectivity index (χ3n) is 2.65. The van der Waals surface area contributed by atoms with Crippen molar-refractivity contribution < 1.29 is 27.5 Å². The highest BCUT2D eigenvalue weighted by molar-refractivity contribution is 7.12. The van der Waals surface area contributed by atoms with Crippen molar-refractivity contribution in [2.75, 3.05) is 11.9 Å². The summed E-state index contributed by atoms with van der Waals surface area (Å²) in [4.78, 5) is 17.6. The zero-order chi connectivity index (χ0) is 17.6. The molecule has 1 amide bonds. The standard InChI is InChI=1S/C15H13F3N2O3S/c1-10(13-3-2-8-24-13)20-22-9-14(21)19-11-4-6-12(7-5-11)23-15(16,17)18/h2-8H,9H2,1H3,(H,19,21). The van der Waals surface area contributed by atoms with Gasteiger partial charge in [0.1, 0.15) is 5.75 Å². The Kier molecular flexibility index (Phi) is 5.80. The maximum absolute atomic E-state index is 12.0. The van der Waals surface area contributed by atoms with E-state index >= 15 is 0 Å². The number of nitrogens with zero attached hydrogens (tertiary/aromatic N) is 1. The quantitative estimate of drug-likeness (QED) is 0.627. The van der Waals surface area contributed by atoms with Crippen LogP contribution in [0.1, 0.15) is 11.8 Å². The Bertz CT molecular complexity index is 698. The molecule has 0 bridgehead atoms. The van der Waals surface area contributed by atoms with Gasteiger partial charge in [0.2, 0.25) is 0 Å². The Morgan fingerprint density at radius 3 is 2.54 bits per heavy atom. The second-order valence-electron chi connectivity index (χ2n) is 4.55. The Morgan fingerprint density at radius 1 is 1.25 bits per heavy atom. The molecule has 1 aromatic heterocycles. The van der Waals surface area contributed by atoms with E-state index in [-0.39, 0.29) is 12.4 Å². The molecule has 0 aliphatic heterocycles. The van der Waals surface area contributed by atoms with Crippen molar-refractivity contribution in [3.63, 3.8) is 0 Å². The number of hydrogen-bond donors (Lipinski definition) is 1. The van der Waals surface area contributed by atoms with Crippen molar-refractivity contribution in [1.82, 2.24) is 0 Å². The van der Waals surface area contributed by atoms with Gasteiger partial charge < -0.3 is 14.9 Å². The van der Waals surface area contributed by atoms with E-state index in [2.05, 4.69) is 15.2 Å². The number of benzene rings is 1. The van der Waals surface area contributed by atoms with Crippen molar-refractivity contribution in [2.45, 2.75) is 13.3 Å². The molecular formula is C15H13F3N2O3S. The van der Waals surface area contributed by atoms with Crippen molar-refractivity contribution in [1.29, 1.82) is 0 Å². The lowest BCUT2D eigenvalue weighted by Gasteiger charge is -2.09. The van der Waals surface area contributed by atoms with Crippen molar-refractivity contribution in [2.24, 2.45) is 5.16 Å². The number of carbonyl (C=O) groups is 1. The van der Waals surface area contributed by atoms with E-state index in [0.717, 1.165) is 17.0 Å². The van der Waals surface area contributed by atoms with Gasteiger partial charge in [-0.25, -0.2) is 0 Å². The molecule has 0 radical (unpaired) electrons. The van der Waals surface area contributed by atoms with E-state index in [1.165, 1.54) is 23.5 Å². The molecule has 9 heteroatoms. The number of amides is 1. The SMILES string of the molecule is CC(=NOCC(=O)Nc1ccc(OC(F)(F)F)cc1)c1cccs1. The summed E-state index contributed by atoms with van der Waals surface area (Å²) in [7, 11) is 0. The topological polar surface area (TPSA) is 59.9 Å². The molecule has 0 atom stereocenters. The van der Waals surface area contributed by atoms with Gasteiger partial charge in [-0.1, -0.05) is 11.2 Å². The van der Waals surface area contributed by atoms with Crippen LogP contribution in [-0.4, -0.2) is 24.6 Å². The van der Waals surface area contributed by atoms with Crippen LogP contribution in [-0.2, 0) is 9.63 Å². The van der Waals surface area contributed by atoms with Crippen LogP contribution in [0.15, 0.2) is 46.9 Å².